The second-order valence-electron chi connectivity index (χ2n) is 11.3. The van der Waals surface area contributed by atoms with Gasteiger partial charge in [0.25, 0.3) is 5.56 Å². The molecular formula is C36H37FN4O5. The number of pyridine rings is 1. The zero-order valence-electron chi connectivity index (χ0n) is 26.3. The molecule has 0 saturated carbocycles. The molecule has 9 nitrogen and oxygen atoms in total. The van der Waals surface area contributed by atoms with Crippen LogP contribution in [0.4, 0.5) is 4.39 Å². The van der Waals surface area contributed by atoms with Crippen molar-refractivity contribution in [3.8, 4) is 34.1 Å². The number of nitrogens with zero attached hydrogens (tertiary/aromatic N) is 4. The van der Waals surface area contributed by atoms with Crippen molar-refractivity contribution in [2.75, 3.05) is 46.6 Å². The van der Waals surface area contributed by atoms with Crippen molar-refractivity contribution in [1.29, 1.82) is 0 Å². The van der Waals surface area contributed by atoms with Gasteiger partial charge in [0.1, 0.15) is 17.1 Å². The summed E-state index contributed by atoms with van der Waals surface area (Å²) in [6, 6.07) is 17.9. The number of aryl methyl sites for hydroxylation is 1. The maximum Gasteiger partial charge on any atom is 0.261 e. The van der Waals surface area contributed by atoms with E-state index in [9.17, 15) is 4.79 Å². The van der Waals surface area contributed by atoms with Gasteiger partial charge < -0.3 is 18.9 Å². The van der Waals surface area contributed by atoms with Crippen LogP contribution < -0.4 is 19.8 Å². The van der Waals surface area contributed by atoms with Crippen LogP contribution in [0.5, 0.6) is 23.0 Å². The number of ether oxygens (including phenoxy) is 4. The molecule has 0 spiro atoms. The fourth-order valence-corrected chi connectivity index (χ4v) is 5.54. The Morgan fingerprint density at radius 3 is 2.50 bits per heavy atom. The Morgan fingerprint density at radius 2 is 1.74 bits per heavy atom. The van der Waals surface area contributed by atoms with Crippen LogP contribution in [0.2, 0.25) is 0 Å². The number of hydrogen-bond acceptors (Lipinski definition) is 8. The third kappa shape index (κ3) is 6.88. The van der Waals surface area contributed by atoms with E-state index < -0.39 is 5.82 Å². The summed E-state index contributed by atoms with van der Waals surface area (Å²) < 4.78 is 40.2. The van der Waals surface area contributed by atoms with Crippen molar-refractivity contribution in [2.24, 2.45) is 7.05 Å². The second-order valence-corrected chi connectivity index (χ2v) is 11.3. The predicted molar refractivity (Wildman–Crippen MR) is 175 cm³/mol. The third-order valence-corrected chi connectivity index (χ3v) is 8.18. The van der Waals surface area contributed by atoms with Gasteiger partial charge in [-0.1, -0.05) is 35.9 Å². The summed E-state index contributed by atoms with van der Waals surface area (Å²) in [4.78, 5) is 24.6. The first-order valence-corrected chi connectivity index (χ1v) is 15.4. The van der Waals surface area contributed by atoms with Crippen LogP contribution >= 0.6 is 0 Å². The minimum atomic E-state index is -0.611. The summed E-state index contributed by atoms with van der Waals surface area (Å²) >= 11 is 0. The van der Waals surface area contributed by atoms with Gasteiger partial charge in [0.2, 0.25) is 0 Å². The van der Waals surface area contributed by atoms with Crippen LogP contribution in [0, 0.1) is 12.7 Å². The minimum Gasteiger partial charge on any atom is -0.491 e. The van der Waals surface area contributed by atoms with E-state index in [0.29, 0.717) is 58.1 Å². The molecule has 46 heavy (non-hydrogen) atoms. The monoisotopic (exact) mass is 624 g/mol. The number of halogens is 1. The lowest BCUT2D eigenvalue weighted by atomic mass is 10.1. The molecule has 1 fully saturated rings. The van der Waals surface area contributed by atoms with Gasteiger partial charge in [-0.25, -0.2) is 9.37 Å². The van der Waals surface area contributed by atoms with Crippen LogP contribution in [0.3, 0.4) is 0 Å². The zero-order chi connectivity index (χ0) is 32.0. The molecule has 0 aliphatic carbocycles. The minimum absolute atomic E-state index is 0.0134. The van der Waals surface area contributed by atoms with Crippen LogP contribution in [-0.4, -0.2) is 66.0 Å². The van der Waals surface area contributed by atoms with Gasteiger partial charge in [0, 0.05) is 50.9 Å². The lowest BCUT2D eigenvalue weighted by molar-refractivity contribution is 0.0357. The van der Waals surface area contributed by atoms with Gasteiger partial charge >= 0.3 is 0 Å². The standard InChI is InChI=1S/C36H37FN4O5/c1-24-5-7-25(8-6-24)21-33-39-23-28(36(42)40(33)2)26-9-11-31(29(37)22-26)46-30-13-14-38-34-27(30)10-12-32(35(34)43-3)45-18-4-15-41-16-19-44-20-17-41/h5-14,22-23H,4,15-21H2,1-3H3. The molecular weight excluding hydrogens is 587 g/mol. The molecule has 0 bridgehead atoms. The van der Waals surface area contributed by atoms with Crippen molar-refractivity contribution in [1.82, 2.24) is 19.4 Å². The van der Waals surface area contributed by atoms with Gasteiger partial charge in [-0.3, -0.25) is 19.2 Å². The molecule has 0 amide bonds. The summed E-state index contributed by atoms with van der Waals surface area (Å²) in [5, 5.41) is 0.644. The second kappa shape index (κ2) is 14.1. The normalized spacial score (nSPS) is 13.6. The van der Waals surface area contributed by atoms with Crippen molar-refractivity contribution in [3.63, 3.8) is 0 Å². The molecule has 6 rings (SSSR count). The Morgan fingerprint density at radius 1 is 0.957 bits per heavy atom. The molecule has 0 radical (unpaired) electrons. The Kier molecular flexibility index (Phi) is 9.56. The van der Waals surface area contributed by atoms with E-state index in [1.807, 2.05) is 43.3 Å². The van der Waals surface area contributed by atoms with E-state index in [2.05, 4.69) is 14.9 Å². The summed E-state index contributed by atoms with van der Waals surface area (Å²) in [6.07, 6.45) is 4.47. The number of rotatable bonds is 11. The molecule has 0 N–H and O–H groups in total. The van der Waals surface area contributed by atoms with E-state index >= 15 is 4.39 Å². The highest BCUT2D eigenvalue weighted by Crippen LogP contribution is 2.39. The Balaban J connectivity index is 1.18. The summed E-state index contributed by atoms with van der Waals surface area (Å²) in [6.45, 7) is 6.90. The topological polar surface area (TPSA) is 87.9 Å². The molecule has 3 heterocycles. The molecule has 10 heteroatoms. The zero-order valence-corrected chi connectivity index (χ0v) is 26.3. The number of aromatic nitrogens is 3. The maximum atomic E-state index is 15.4. The lowest BCUT2D eigenvalue weighted by Gasteiger charge is -2.26. The fourth-order valence-electron chi connectivity index (χ4n) is 5.54. The molecule has 5 aromatic rings. The molecule has 3 aromatic carbocycles. The number of hydrogen-bond donors (Lipinski definition) is 0. The van der Waals surface area contributed by atoms with Crippen LogP contribution in [-0.2, 0) is 18.2 Å². The molecule has 0 unspecified atom stereocenters. The van der Waals surface area contributed by atoms with Gasteiger partial charge in [0.05, 0.1) is 32.5 Å². The van der Waals surface area contributed by atoms with E-state index in [-0.39, 0.29) is 11.3 Å². The Bertz CT molecular complexity index is 1890. The van der Waals surface area contributed by atoms with Crippen LogP contribution in [0.25, 0.3) is 22.0 Å². The first-order chi connectivity index (χ1) is 22.4. The Labute approximate surface area is 267 Å². The average molecular weight is 625 g/mol. The highest BCUT2D eigenvalue weighted by atomic mass is 19.1. The first kappa shape index (κ1) is 31.2. The molecule has 0 atom stereocenters. The number of benzene rings is 3. The molecule has 1 aliphatic rings. The number of fused-ring (bicyclic) bond motifs is 1. The quantitative estimate of drug-likeness (QED) is 0.167. The van der Waals surface area contributed by atoms with Crippen LogP contribution in [0.1, 0.15) is 23.4 Å². The van der Waals surface area contributed by atoms with Crippen molar-refractivity contribution in [2.45, 2.75) is 19.8 Å². The molecule has 1 saturated heterocycles. The van der Waals surface area contributed by atoms with Gasteiger partial charge in [-0.2, -0.15) is 0 Å². The lowest BCUT2D eigenvalue weighted by Crippen LogP contribution is -2.37. The third-order valence-electron chi connectivity index (χ3n) is 8.18. The van der Waals surface area contributed by atoms with Crippen molar-refractivity contribution in [3.05, 3.63) is 106 Å². The summed E-state index contributed by atoms with van der Waals surface area (Å²) in [5.41, 5.74) is 3.23. The highest BCUT2D eigenvalue weighted by molar-refractivity contribution is 5.92. The molecule has 1 aliphatic heterocycles. The SMILES string of the molecule is COc1c(OCCCN2CCOCC2)ccc2c(Oc3ccc(-c4cnc(Cc5ccc(C)cc5)n(C)c4=O)cc3F)ccnc12. The number of methoxy groups -OCH3 is 1. The maximum absolute atomic E-state index is 15.4. The van der Waals surface area contributed by atoms with Gasteiger partial charge in [0.15, 0.2) is 23.1 Å². The summed E-state index contributed by atoms with van der Waals surface area (Å²) in [5.74, 6) is 1.50. The van der Waals surface area contributed by atoms with Gasteiger partial charge in [-0.15, -0.1) is 0 Å². The smallest absolute Gasteiger partial charge is 0.261 e. The highest BCUT2D eigenvalue weighted by Gasteiger charge is 2.18. The molecule has 238 valence electrons. The van der Waals surface area contributed by atoms with E-state index in [1.165, 1.54) is 22.9 Å². The average Bonchev–Trinajstić information content (AvgIpc) is 3.07. The fraction of sp³-hybridized carbons (Fsp3) is 0.306. The largest absolute Gasteiger partial charge is 0.491 e. The van der Waals surface area contributed by atoms with E-state index in [4.69, 9.17) is 18.9 Å². The number of morpholine rings is 1. The Hall–Kier alpha value is -4.80. The van der Waals surface area contributed by atoms with Crippen molar-refractivity contribution < 1.29 is 23.3 Å². The van der Waals surface area contributed by atoms with Crippen molar-refractivity contribution >= 4 is 10.9 Å². The first-order valence-electron chi connectivity index (χ1n) is 15.4. The predicted octanol–water partition coefficient (Wildman–Crippen LogP) is 5.94. The molecule has 2 aromatic heterocycles. The van der Waals surface area contributed by atoms with Gasteiger partial charge in [-0.05, 0) is 54.8 Å². The van der Waals surface area contributed by atoms with E-state index in [1.54, 1.807) is 32.5 Å². The van der Waals surface area contributed by atoms with Crippen LogP contribution in [0.15, 0.2) is 77.9 Å². The summed E-state index contributed by atoms with van der Waals surface area (Å²) in [7, 11) is 3.25. The van der Waals surface area contributed by atoms with E-state index in [0.717, 1.165) is 50.4 Å².